The molecule has 2 heterocycles. The van der Waals surface area contributed by atoms with Crippen LogP contribution in [0.25, 0.3) is 10.9 Å². The number of aromatic amines is 1. The third-order valence-electron chi connectivity index (χ3n) is 5.11. The normalized spacial score (nSPS) is 14.2. The fourth-order valence-corrected chi connectivity index (χ4v) is 3.39. The number of hydroxylamine groups is 2. The number of imide groups is 1. The first kappa shape index (κ1) is 20.8. The van der Waals surface area contributed by atoms with Crippen molar-refractivity contribution in [1.82, 2.24) is 25.2 Å². The van der Waals surface area contributed by atoms with Gasteiger partial charge in [-0.25, -0.2) is 9.86 Å². The molecule has 29 heavy (non-hydrogen) atoms. The number of urea groups is 1. The number of hydrogen-bond donors (Lipinski definition) is 2. The summed E-state index contributed by atoms with van der Waals surface area (Å²) in [5.41, 5.74) is 3.30. The van der Waals surface area contributed by atoms with Crippen LogP contribution in [0.1, 0.15) is 21.6 Å². The predicted octanol–water partition coefficient (Wildman–Crippen LogP) is 1.000. The minimum absolute atomic E-state index is 0.0584. The molecule has 9 nitrogen and oxygen atoms in total. The number of amides is 4. The van der Waals surface area contributed by atoms with Crippen molar-refractivity contribution in [2.45, 2.75) is 12.8 Å². The first-order valence-electron chi connectivity index (χ1n) is 9.50. The maximum atomic E-state index is 12.7. The van der Waals surface area contributed by atoms with Crippen LogP contribution in [-0.4, -0.2) is 85.6 Å². The number of likely N-dealkylation sites (N-methyl/N-ethyl adjacent to an activating group) is 1. The van der Waals surface area contributed by atoms with Crippen molar-refractivity contribution >= 4 is 28.7 Å². The maximum Gasteiger partial charge on any atom is 0.324 e. The molecule has 2 aromatic rings. The summed E-state index contributed by atoms with van der Waals surface area (Å²) in [4.78, 5) is 47.8. The fourth-order valence-electron chi connectivity index (χ4n) is 3.39. The standard InChI is InChI=1S/C20H27N5O4/c1-23(2)9-8-14-15-11-13(7-10-25-17(26)12-21-20(25)28)5-6-16(15)22-18(14)19(27)24(3)29-4/h5-6,11,22H,7-10,12H2,1-4H3,(H,21,28). The van der Waals surface area contributed by atoms with E-state index in [2.05, 4.69) is 15.2 Å². The van der Waals surface area contributed by atoms with Crippen LogP contribution < -0.4 is 5.32 Å². The van der Waals surface area contributed by atoms with E-state index >= 15 is 0 Å². The number of nitrogens with one attached hydrogen (secondary N) is 2. The minimum Gasteiger partial charge on any atom is -0.350 e. The molecule has 0 spiro atoms. The Morgan fingerprint density at radius 3 is 2.59 bits per heavy atom. The van der Waals surface area contributed by atoms with Gasteiger partial charge >= 0.3 is 6.03 Å². The lowest BCUT2D eigenvalue weighted by Crippen LogP contribution is -2.32. The number of nitrogens with zero attached hydrogens (tertiary/aromatic N) is 3. The lowest BCUT2D eigenvalue weighted by molar-refractivity contribution is -0.124. The molecule has 4 amide bonds. The van der Waals surface area contributed by atoms with E-state index in [1.165, 1.54) is 17.1 Å². The molecule has 1 aliphatic rings. The molecule has 1 saturated heterocycles. The van der Waals surface area contributed by atoms with Crippen LogP contribution in [0.4, 0.5) is 4.79 Å². The molecule has 2 N–H and O–H groups in total. The predicted molar refractivity (Wildman–Crippen MR) is 108 cm³/mol. The summed E-state index contributed by atoms with van der Waals surface area (Å²) in [5.74, 6) is -0.446. The lowest BCUT2D eigenvalue weighted by Gasteiger charge is -2.15. The monoisotopic (exact) mass is 401 g/mol. The van der Waals surface area contributed by atoms with Crippen LogP contribution in [0.3, 0.4) is 0 Å². The summed E-state index contributed by atoms with van der Waals surface area (Å²) < 4.78 is 0. The van der Waals surface area contributed by atoms with Crippen LogP contribution in [0.15, 0.2) is 18.2 Å². The van der Waals surface area contributed by atoms with E-state index in [4.69, 9.17) is 4.84 Å². The summed E-state index contributed by atoms with van der Waals surface area (Å²) >= 11 is 0. The topological polar surface area (TPSA) is 98.0 Å². The molecular weight excluding hydrogens is 374 g/mol. The summed E-state index contributed by atoms with van der Waals surface area (Å²) in [7, 11) is 7.00. The lowest BCUT2D eigenvalue weighted by atomic mass is 10.0. The van der Waals surface area contributed by atoms with Gasteiger partial charge in [0.1, 0.15) is 5.69 Å². The molecule has 0 atom stereocenters. The average Bonchev–Trinajstić information content (AvgIpc) is 3.22. The van der Waals surface area contributed by atoms with Crippen LogP contribution in [0.5, 0.6) is 0 Å². The Morgan fingerprint density at radius 2 is 1.97 bits per heavy atom. The van der Waals surface area contributed by atoms with E-state index in [0.717, 1.165) is 28.6 Å². The average molecular weight is 401 g/mol. The van der Waals surface area contributed by atoms with Crippen LogP contribution in [0.2, 0.25) is 0 Å². The number of aromatic nitrogens is 1. The first-order valence-corrected chi connectivity index (χ1v) is 9.50. The first-order chi connectivity index (χ1) is 13.8. The molecule has 1 aliphatic heterocycles. The summed E-state index contributed by atoms with van der Waals surface area (Å²) in [6, 6.07) is 5.55. The molecule has 3 rings (SSSR count). The zero-order valence-electron chi connectivity index (χ0n) is 17.2. The van der Waals surface area contributed by atoms with Gasteiger partial charge in [0.15, 0.2) is 0 Å². The molecule has 156 valence electrons. The van der Waals surface area contributed by atoms with Gasteiger partial charge in [-0.15, -0.1) is 0 Å². The van der Waals surface area contributed by atoms with Crippen molar-refractivity contribution < 1.29 is 19.2 Å². The van der Waals surface area contributed by atoms with Crippen LogP contribution in [-0.2, 0) is 22.5 Å². The minimum atomic E-state index is -0.347. The number of carbonyl (C=O) groups is 3. The molecule has 1 aromatic heterocycles. The molecule has 0 bridgehead atoms. The van der Waals surface area contributed by atoms with E-state index in [1.54, 1.807) is 7.05 Å². The summed E-state index contributed by atoms with van der Waals surface area (Å²) in [6.07, 6.45) is 1.25. The number of fused-ring (bicyclic) bond motifs is 1. The van der Waals surface area contributed by atoms with Gasteiger partial charge in [0, 0.05) is 31.0 Å². The fraction of sp³-hybridized carbons (Fsp3) is 0.450. The van der Waals surface area contributed by atoms with Crippen molar-refractivity contribution in [3.05, 3.63) is 35.0 Å². The van der Waals surface area contributed by atoms with E-state index in [-0.39, 0.29) is 24.4 Å². The van der Waals surface area contributed by atoms with Gasteiger partial charge in [-0.2, -0.15) is 0 Å². The zero-order valence-corrected chi connectivity index (χ0v) is 17.2. The third-order valence-corrected chi connectivity index (χ3v) is 5.11. The number of hydrogen-bond acceptors (Lipinski definition) is 5. The van der Waals surface area contributed by atoms with Gasteiger partial charge in [0.25, 0.3) is 5.91 Å². The SMILES string of the molecule is CON(C)C(=O)c1[nH]c2ccc(CCN3C(=O)CNC3=O)cc2c1CCN(C)C. The second-order valence-corrected chi connectivity index (χ2v) is 7.35. The van der Waals surface area contributed by atoms with E-state index in [9.17, 15) is 14.4 Å². The zero-order chi connectivity index (χ0) is 21.1. The van der Waals surface area contributed by atoms with Crippen molar-refractivity contribution in [3.8, 4) is 0 Å². The van der Waals surface area contributed by atoms with Crippen molar-refractivity contribution in [1.29, 1.82) is 0 Å². The van der Waals surface area contributed by atoms with Gasteiger partial charge in [-0.05, 0) is 50.2 Å². The Kier molecular flexibility index (Phi) is 6.19. The molecule has 1 aromatic carbocycles. The van der Waals surface area contributed by atoms with E-state index in [1.807, 2.05) is 32.3 Å². The second kappa shape index (κ2) is 8.62. The Labute approximate surface area is 169 Å². The highest BCUT2D eigenvalue weighted by Crippen LogP contribution is 2.26. The van der Waals surface area contributed by atoms with Gasteiger partial charge in [-0.1, -0.05) is 6.07 Å². The number of carbonyl (C=O) groups excluding carboxylic acids is 3. The third kappa shape index (κ3) is 4.41. The summed E-state index contributed by atoms with van der Waals surface area (Å²) in [5, 5.41) is 4.69. The van der Waals surface area contributed by atoms with Crippen molar-refractivity contribution in [3.63, 3.8) is 0 Å². The summed E-state index contributed by atoms with van der Waals surface area (Å²) in [6.45, 7) is 1.17. The Bertz CT molecular complexity index is 920. The van der Waals surface area contributed by atoms with Gasteiger partial charge < -0.3 is 15.2 Å². The highest BCUT2D eigenvalue weighted by atomic mass is 16.7. The number of benzene rings is 1. The van der Waals surface area contributed by atoms with E-state index in [0.29, 0.717) is 25.1 Å². The van der Waals surface area contributed by atoms with E-state index < -0.39 is 0 Å². The quantitative estimate of drug-likeness (QED) is 0.508. The van der Waals surface area contributed by atoms with Gasteiger partial charge in [-0.3, -0.25) is 19.3 Å². The Hall–Kier alpha value is -2.91. The molecule has 0 saturated carbocycles. The van der Waals surface area contributed by atoms with Gasteiger partial charge in [0.2, 0.25) is 5.91 Å². The number of rotatable bonds is 8. The highest BCUT2D eigenvalue weighted by molar-refractivity contribution is 6.02. The molecule has 0 aliphatic carbocycles. The van der Waals surface area contributed by atoms with Crippen LogP contribution in [0, 0.1) is 0 Å². The molecular formula is C20H27N5O4. The molecule has 1 fully saturated rings. The van der Waals surface area contributed by atoms with Gasteiger partial charge in [0.05, 0.1) is 13.7 Å². The Balaban J connectivity index is 1.90. The Morgan fingerprint density at radius 1 is 1.21 bits per heavy atom. The second-order valence-electron chi connectivity index (χ2n) is 7.35. The smallest absolute Gasteiger partial charge is 0.324 e. The molecule has 0 radical (unpaired) electrons. The molecule has 9 heteroatoms. The van der Waals surface area contributed by atoms with Crippen molar-refractivity contribution in [2.75, 3.05) is 47.9 Å². The molecule has 0 unspecified atom stereocenters. The number of H-pyrrole nitrogens is 1. The maximum absolute atomic E-state index is 12.7. The van der Waals surface area contributed by atoms with Crippen LogP contribution >= 0.6 is 0 Å². The highest BCUT2D eigenvalue weighted by Gasteiger charge is 2.28. The largest absolute Gasteiger partial charge is 0.350 e. The van der Waals surface area contributed by atoms with Crippen molar-refractivity contribution in [2.24, 2.45) is 0 Å².